The van der Waals surface area contributed by atoms with Gasteiger partial charge in [0.15, 0.2) is 5.69 Å². The zero-order valence-corrected chi connectivity index (χ0v) is 14.2. The number of fused-ring (bicyclic) bond motifs is 1. The Morgan fingerprint density at radius 2 is 1.78 bits per heavy atom. The van der Waals surface area contributed by atoms with Gasteiger partial charge >= 0.3 is 6.36 Å². The van der Waals surface area contributed by atoms with Gasteiger partial charge in [-0.05, 0) is 35.2 Å². The van der Waals surface area contributed by atoms with Crippen LogP contribution in [-0.4, -0.2) is 21.8 Å². The number of rotatable bonds is 3. The molecule has 2 aromatic carbocycles. The molecule has 0 spiro atoms. The van der Waals surface area contributed by atoms with Crippen molar-refractivity contribution in [2.45, 2.75) is 6.36 Å². The fraction of sp³-hybridized carbons (Fsp3) is 0.0556. The molecule has 9 heteroatoms. The Hall–Kier alpha value is -3.38. The van der Waals surface area contributed by atoms with Crippen LogP contribution in [-0.2, 0) is 0 Å². The Morgan fingerprint density at radius 1 is 1.04 bits per heavy atom. The maximum absolute atomic E-state index is 12.4. The Kier molecular flexibility index (Phi) is 4.05. The number of nitrogens with one attached hydrogen (secondary N) is 1. The van der Waals surface area contributed by atoms with Gasteiger partial charge in [-0.25, -0.2) is 5.10 Å². The van der Waals surface area contributed by atoms with Crippen LogP contribution in [0.3, 0.4) is 0 Å². The minimum absolute atomic E-state index is 0.246. The Labute approximate surface area is 154 Å². The second kappa shape index (κ2) is 6.41. The van der Waals surface area contributed by atoms with Gasteiger partial charge in [0, 0.05) is 15.1 Å². The molecule has 0 radical (unpaired) electrons. The molecule has 2 heterocycles. The lowest BCUT2D eigenvalue weighted by Gasteiger charge is -2.08. The molecule has 27 heavy (non-hydrogen) atoms. The van der Waals surface area contributed by atoms with Crippen LogP contribution in [0.15, 0.2) is 48.5 Å². The van der Waals surface area contributed by atoms with Gasteiger partial charge in [-0.1, -0.05) is 29.5 Å². The lowest BCUT2D eigenvalue weighted by molar-refractivity contribution is -0.274. The monoisotopic (exact) mass is 386 g/mol. The first-order valence-electron chi connectivity index (χ1n) is 7.64. The van der Waals surface area contributed by atoms with E-state index >= 15 is 0 Å². The van der Waals surface area contributed by atoms with Crippen LogP contribution in [0.25, 0.3) is 31.8 Å². The zero-order chi connectivity index (χ0) is 19.0. The molecule has 0 aliphatic heterocycles. The van der Waals surface area contributed by atoms with Crippen molar-refractivity contribution >= 4 is 21.4 Å². The summed E-state index contributed by atoms with van der Waals surface area (Å²) in [6.45, 7) is 0. The Balaban J connectivity index is 1.65. The minimum Gasteiger partial charge on any atom is -0.406 e. The van der Waals surface area contributed by atoms with Crippen molar-refractivity contribution < 1.29 is 17.9 Å². The third-order valence-electron chi connectivity index (χ3n) is 3.82. The third-order valence-corrected chi connectivity index (χ3v) is 4.99. The molecule has 5 nitrogen and oxygen atoms in total. The van der Waals surface area contributed by atoms with Crippen molar-refractivity contribution in [2.24, 2.45) is 0 Å². The second-order valence-electron chi connectivity index (χ2n) is 5.58. The summed E-state index contributed by atoms with van der Waals surface area (Å²) in [7, 11) is 0. The molecular weight excluding hydrogens is 377 g/mol. The molecule has 4 rings (SSSR count). The minimum atomic E-state index is -4.72. The van der Waals surface area contributed by atoms with Gasteiger partial charge in [0.2, 0.25) is 0 Å². The third kappa shape index (κ3) is 3.47. The first kappa shape index (κ1) is 17.1. The van der Waals surface area contributed by atoms with E-state index in [9.17, 15) is 13.2 Å². The molecule has 1 N–H and O–H groups in total. The van der Waals surface area contributed by atoms with Crippen LogP contribution in [0, 0.1) is 11.3 Å². The highest BCUT2D eigenvalue weighted by Crippen LogP contribution is 2.37. The standard InChI is InChI=1S/C18H9F3N4OS/c19-18(20,21)26-13-5-6-15-12(7-13)8-16(27-15)10-1-3-11(4-2-10)17-14(9-22)23-25-24-17/h1-8H,(H,23,24,25). The fourth-order valence-electron chi connectivity index (χ4n) is 2.66. The van der Waals surface area contributed by atoms with Crippen molar-refractivity contribution in [2.75, 3.05) is 0 Å². The molecule has 134 valence electrons. The second-order valence-corrected chi connectivity index (χ2v) is 6.67. The van der Waals surface area contributed by atoms with Crippen LogP contribution in [0.5, 0.6) is 5.75 Å². The number of H-pyrrole nitrogens is 1. The summed E-state index contributed by atoms with van der Waals surface area (Å²) < 4.78 is 41.9. The molecule has 0 saturated heterocycles. The smallest absolute Gasteiger partial charge is 0.406 e. The number of nitriles is 1. The summed E-state index contributed by atoms with van der Waals surface area (Å²) in [6, 6.07) is 15.4. The first-order chi connectivity index (χ1) is 12.9. The number of benzene rings is 2. The summed E-state index contributed by atoms with van der Waals surface area (Å²) in [5, 5.41) is 19.8. The molecule has 0 atom stereocenters. The predicted molar refractivity (Wildman–Crippen MR) is 94.0 cm³/mol. The molecule has 0 amide bonds. The normalized spacial score (nSPS) is 11.5. The zero-order valence-electron chi connectivity index (χ0n) is 13.4. The van der Waals surface area contributed by atoms with Crippen molar-refractivity contribution in [1.82, 2.24) is 15.4 Å². The van der Waals surface area contributed by atoms with E-state index in [1.807, 2.05) is 36.4 Å². The van der Waals surface area contributed by atoms with Crippen molar-refractivity contribution in [1.29, 1.82) is 5.26 Å². The van der Waals surface area contributed by atoms with Crippen LogP contribution in [0.2, 0.25) is 0 Å². The van der Waals surface area contributed by atoms with Crippen LogP contribution in [0.1, 0.15) is 5.69 Å². The lowest BCUT2D eigenvalue weighted by atomic mass is 10.1. The average molecular weight is 386 g/mol. The van der Waals surface area contributed by atoms with E-state index in [1.54, 1.807) is 6.07 Å². The van der Waals surface area contributed by atoms with E-state index in [2.05, 4.69) is 20.1 Å². The molecule has 0 saturated carbocycles. The molecule has 0 aliphatic carbocycles. The Morgan fingerprint density at radius 3 is 2.48 bits per heavy atom. The van der Waals surface area contributed by atoms with Crippen molar-refractivity contribution in [3.63, 3.8) is 0 Å². The van der Waals surface area contributed by atoms with Gasteiger partial charge < -0.3 is 4.74 Å². The van der Waals surface area contributed by atoms with Crippen LogP contribution >= 0.6 is 11.3 Å². The maximum Gasteiger partial charge on any atom is 0.573 e. The molecular formula is C18H9F3N4OS. The topological polar surface area (TPSA) is 74.6 Å². The average Bonchev–Trinajstić information content (AvgIpc) is 3.26. The number of ether oxygens (including phenoxy) is 1. The molecule has 0 fully saturated rings. The largest absolute Gasteiger partial charge is 0.573 e. The first-order valence-corrected chi connectivity index (χ1v) is 8.46. The van der Waals surface area contributed by atoms with Crippen LogP contribution in [0.4, 0.5) is 13.2 Å². The van der Waals surface area contributed by atoms with E-state index in [4.69, 9.17) is 5.26 Å². The van der Waals surface area contributed by atoms with Gasteiger partial charge in [-0.2, -0.15) is 5.26 Å². The summed E-state index contributed by atoms with van der Waals surface area (Å²) >= 11 is 1.46. The number of aromatic nitrogens is 3. The van der Waals surface area contributed by atoms with E-state index in [-0.39, 0.29) is 11.4 Å². The lowest BCUT2D eigenvalue weighted by Crippen LogP contribution is -2.16. The molecule has 0 unspecified atom stereocenters. The highest BCUT2D eigenvalue weighted by molar-refractivity contribution is 7.22. The van der Waals surface area contributed by atoms with E-state index in [0.29, 0.717) is 11.1 Å². The summed E-state index contributed by atoms with van der Waals surface area (Å²) in [5.41, 5.74) is 2.39. The number of aromatic amines is 1. The van der Waals surface area contributed by atoms with E-state index in [1.165, 1.54) is 23.5 Å². The maximum atomic E-state index is 12.4. The van der Waals surface area contributed by atoms with E-state index < -0.39 is 6.36 Å². The number of hydrogen-bond acceptors (Lipinski definition) is 5. The Bertz CT molecular complexity index is 1160. The van der Waals surface area contributed by atoms with E-state index in [0.717, 1.165) is 20.7 Å². The summed E-state index contributed by atoms with van der Waals surface area (Å²) in [6.07, 6.45) is -4.72. The molecule has 0 bridgehead atoms. The van der Waals surface area contributed by atoms with Gasteiger partial charge in [0.1, 0.15) is 17.5 Å². The highest BCUT2D eigenvalue weighted by atomic mass is 32.1. The van der Waals surface area contributed by atoms with Crippen LogP contribution < -0.4 is 4.74 Å². The van der Waals surface area contributed by atoms with Crippen molar-refractivity contribution in [3.8, 4) is 33.5 Å². The predicted octanol–water partition coefficient (Wildman–Crippen LogP) is 5.12. The quantitative estimate of drug-likeness (QED) is 0.530. The number of alkyl halides is 3. The summed E-state index contributed by atoms with van der Waals surface area (Å²) in [4.78, 5) is 0.904. The van der Waals surface area contributed by atoms with Gasteiger partial charge in [-0.15, -0.1) is 29.6 Å². The summed E-state index contributed by atoms with van der Waals surface area (Å²) in [5.74, 6) is -0.246. The number of nitrogens with zero attached hydrogens (tertiary/aromatic N) is 3. The fourth-order valence-corrected chi connectivity index (χ4v) is 3.71. The number of halogens is 3. The van der Waals surface area contributed by atoms with Gasteiger partial charge in [0.25, 0.3) is 0 Å². The number of thiophene rings is 1. The molecule has 2 aromatic heterocycles. The molecule has 4 aromatic rings. The SMILES string of the molecule is N#Cc1[nH]nnc1-c1ccc(-c2cc3cc(OC(F)(F)F)ccc3s2)cc1. The van der Waals surface area contributed by atoms with Gasteiger partial charge in [-0.3, -0.25) is 0 Å². The molecule has 0 aliphatic rings. The van der Waals surface area contributed by atoms with Gasteiger partial charge in [0.05, 0.1) is 0 Å². The highest BCUT2D eigenvalue weighted by Gasteiger charge is 2.31. The van der Waals surface area contributed by atoms with Crippen molar-refractivity contribution in [3.05, 3.63) is 54.2 Å². The number of hydrogen-bond donors (Lipinski definition) is 1.